The number of nitrogens with one attached hydrogen (secondary N) is 1. The molecule has 0 radical (unpaired) electrons. The van der Waals surface area contributed by atoms with Crippen molar-refractivity contribution in [1.82, 2.24) is 14.5 Å². The van der Waals surface area contributed by atoms with E-state index in [1.165, 1.54) is 6.42 Å². The summed E-state index contributed by atoms with van der Waals surface area (Å²) in [5.41, 5.74) is 8.67. The van der Waals surface area contributed by atoms with Crippen LogP contribution in [0.15, 0.2) is 55.1 Å². The van der Waals surface area contributed by atoms with E-state index in [9.17, 15) is 14.4 Å². The molecule has 8 nitrogen and oxygen atoms in total. The Morgan fingerprint density at radius 1 is 1.14 bits per heavy atom. The molecule has 4 rings (SSSR count). The van der Waals surface area contributed by atoms with Crippen molar-refractivity contribution in [3.8, 4) is 0 Å². The first-order valence-corrected chi connectivity index (χ1v) is 12.5. The van der Waals surface area contributed by atoms with Crippen LogP contribution in [0.4, 0.5) is 5.95 Å². The predicted octanol–water partition coefficient (Wildman–Crippen LogP) is 4.43. The molecular weight excluding hydrogens is 454 g/mol. The molecule has 3 aromatic rings. The number of carbonyl (C=O) groups is 3. The van der Waals surface area contributed by atoms with Gasteiger partial charge >= 0.3 is 0 Å². The van der Waals surface area contributed by atoms with Gasteiger partial charge in [0.05, 0.1) is 11.0 Å². The first-order valence-electron chi connectivity index (χ1n) is 12.5. The van der Waals surface area contributed by atoms with Crippen LogP contribution in [0, 0.1) is 6.92 Å². The number of aromatic nitrogens is 2. The van der Waals surface area contributed by atoms with Crippen LogP contribution in [-0.4, -0.2) is 44.8 Å². The predicted molar refractivity (Wildman–Crippen MR) is 141 cm³/mol. The molecule has 0 aliphatic heterocycles. The number of fused-ring (bicyclic) bond motifs is 1. The van der Waals surface area contributed by atoms with E-state index < -0.39 is 5.91 Å². The lowest BCUT2D eigenvalue weighted by Gasteiger charge is -2.33. The van der Waals surface area contributed by atoms with Crippen molar-refractivity contribution in [3.63, 3.8) is 0 Å². The summed E-state index contributed by atoms with van der Waals surface area (Å²) in [7, 11) is 0. The van der Waals surface area contributed by atoms with Gasteiger partial charge in [0.15, 0.2) is 0 Å². The van der Waals surface area contributed by atoms with Crippen LogP contribution in [0.2, 0.25) is 0 Å². The molecule has 36 heavy (non-hydrogen) atoms. The molecule has 1 aliphatic rings. The summed E-state index contributed by atoms with van der Waals surface area (Å²) < 4.78 is 1.75. The van der Waals surface area contributed by atoms with Crippen LogP contribution in [0.25, 0.3) is 11.0 Å². The fraction of sp³-hybridized carbons (Fsp3) is 0.357. The Morgan fingerprint density at radius 3 is 2.61 bits per heavy atom. The van der Waals surface area contributed by atoms with Gasteiger partial charge in [-0.05, 0) is 50.1 Å². The van der Waals surface area contributed by atoms with Crippen LogP contribution in [0.1, 0.15) is 64.8 Å². The van der Waals surface area contributed by atoms with Gasteiger partial charge in [-0.25, -0.2) is 4.98 Å². The number of amides is 3. The lowest BCUT2D eigenvalue weighted by molar-refractivity contribution is -0.118. The first-order chi connectivity index (χ1) is 17.4. The molecule has 0 bridgehead atoms. The highest BCUT2D eigenvalue weighted by molar-refractivity contribution is 6.04. The monoisotopic (exact) mass is 487 g/mol. The summed E-state index contributed by atoms with van der Waals surface area (Å²) in [5.74, 6) is -0.509. The Labute approximate surface area is 211 Å². The van der Waals surface area contributed by atoms with E-state index in [2.05, 4.69) is 16.9 Å². The second kappa shape index (κ2) is 11.2. The number of anilines is 1. The molecule has 3 N–H and O–H groups in total. The number of hydrogen-bond acceptors (Lipinski definition) is 4. The molecule has 0 saturated heterocycles. The zero-order valence-electron chi connectivity index (χ0n) is 20.7. The van der Waals surface area contributed by atoms with Crippen molar-refractivity contribution in [2.24, 2.45) is 5.73 Å². The van der Waals surface area contributed by atoms with E-state index in [1.54, 1.807) is 34.9 Å². The molecule has 1 saturated carbocycles. The van der Waals surface area contributed by atoms with Crippen molar-refractivity contribution in [2.45, 2.75) is 58.0 Å². The zero-order valence-corrected chi connectivity index (χ0v) is 20.7. The SMILES string of the molecule is C=CCN(C(=O)c1ccc2c(c1)nc(NC(=O)c1cccc(C)c1)n2CCC(N)=O)C1CCCCC1. The molecule has 2 aromatic carbocycles. The molecule has 1 heterocycles. The van der Waals surface area contributed by atoms with Gasteiger partial charge in [0.1, 0.15) is 0 Å². The third kappa shape index (κ3) is 5.64. The Morgan fingerprint density at radius 2 is 1.92 bits per heavy atom. The molecule has 0 spiro atoms. The number of benzene rings is 2. The lowest BCUT2D eigenvalue weighted by atomic mass is 9.93. The smallest absolute Gasteiger partial charge is 0.257 e. The quantitative estimate of drug-likeness (QED) is 0.435. The number of aryl methyl sites for hydroxylation is 2. The van der Waals surface area contributed by atoms with Gasteiger partial charge in [0.2, 0.25) is 11.9 Å². The average Bonchev–Trinajstić information content (AvgIpc) is 3.22. The third-order valence-electron chi connectivity index (χ3n) is 6.68. The minimum atomic E-state index is -0.452. The van der Waals surface area contributed by atoms with Crippen LogP contribution in [-0.2, 0) is 11.3 Å². The molecule has 0 unspecified atom stereocenters. The van der Waals surface area contributed by atoms with Crippen molar-refractivity contribution in [3.05, 3.63) is 71.8 Å². The van der Waals surface area contributed by atoms with Gasteiger partial charge < -0.3 is 15.2 Å². The Kier molecular flexibility index (Phi) is 7.83. The van der Waals surface area contributed by atoms with Crippen LogP contribution in [0.3, 0.4) is 0 Å². The number of imidazole rings is 1. The van der Waals surface area contributed by atoms with E-state index >= 15 is 0 Å². The van der Waals surface area contributed by atoms with Gasteiger partial charge in [-0.15, -0.1) is 6.58 Å². The van der Waals surface area contributed by atoms with Gasteiger partial charge in [-0.3, -0.25) is 19.7 Å². The Bertz CT molecular complexity index is 1290. The second-order valence-corrected chi connectivity index (χ2v) is 9.37. The molecule has 1 fully saturated rings. The normalized spacial score (nSPS) is 13.9. The van der Waals surface area contributed by atoms with Crippen molar-refractivity contribution < 1.29 is 14.4 Å². The number of rotatable bonds is 9. The number of primary amides is 1. The molecule has 1 aliphatic carbocycles. The largest absolute Gasteiger partial charge is 0.370 e. The van der Waals surface area contributed by atoms with E-state index in [4.69, 9.17) is 5.73 Å². The minimum Gasteiger partial charge on any atom is -0.370 e. The lowest BCUT2D eigenvalue weighted by Crippen LogP contribution is -2.41. The molecule has 0 atom stereocenters. The van der Waals surface area contributed by atoms with Gasteiger partial charge in [-0.1, -0.05) is 43.0 Å². The Balaban J connectivity index is 1.67. The summed E-state index contributed by atoms with van der Waals surface area (Å²) in [4.78, 5) is 44.4. The number of hydrogen-bond donors (Lipinski definition) is 2. The molecule has 188 valence electrons. The van der Waals surface area contributed by atoms with E-state index in [-0.39, 0.29) is 30.8 Å². The number of nitrogens with two attached hydrogens (primary N) is 1. The molecule has 3 amide bonds. The maximum atomic E-state index is 13.5. The van der Waals surface area contributed by atoms with Gasteiger partial charge in [-0.2, -0.15) is 0 Å². The number of carbonyl (C=O) groups excluding carboxylic acids is 3. The summed E-state index contributed by atoms with van der Waals surface area (Å²) in [6.07, 6.45) is 7.31. The highest BCUT2D eigenvalue weighted by Gasteiger charge is 2.26. The highest BCUT2D eigenvalue weighted by atomic mass is 16.2. The van der Waals surface area contributed by atoms with E-state index in [0.717, 1.165) is 31.2 Å². The van der Waals surface area contributed by atoms with Gasteiger partial charge in [0, 0.05) is 36.7 Å². The van der Waals surface area contributed by atoms with Crippen molar-refractivity contribution in [1.29, 1.82) is 0 Å². The topological polar surface area (TPSA) is 110 Å². The Hall–Kier alpha value is -3.94. The maximum Gasteiger partial charge on any atom is 0.257 e. The summed E-state index contributed by atoms with van der Waals surface area (Å²) in [5, 5.41) is 2.86. The maximum absolute atomic E-state index is 13.5. The first kappa shape index (κ1) is 25.2. The molecular formula is C28H33N5O3. The van der Waals surface area contributed by atoms with E-state index in [0.29, 0.717) is 34.7 Å². The van der Waals surface area contributed by atoms with Crippen molar-refractivity contribution >= 4 is 34.7 Å². The summed E-state index contributed by atoms with van der Waals surface area (Å²) >= 11 is 0. The van der Waals surface area contributed by atoms with E-state index in [1.807, 2.05) is 30.0 Å². The molecule has 1 aromatic heterocycles. The van der Waals surface area contributed by atoms with Crippen LogP contribution < -0.4 is 11.1 Å². The van der Waals surface area contributed by atoms with Crippen LogP contribution in [0.5, 0.6) is 0 Å². The van der Waals surface area contributed by atoms with Gasteiger partial charge in [0.25, 0.3) is 11.8 Å². The van der Waals surface area contributed by atoms with Crippen LogP contribution >= 0.6 is 0 Å². The fourth-order valence-corrected chi connectivity index (χ4v) is 4.86. The third-order valence-corrected chi connectivity index (χ3v) is 6.68. The summed E-state index contributed by atoms with van der Waals surface area (Å²) in [6.45, 7) is 6.51. The second-order valence-electron chi connectivity index (χ2n) is 9.37. The molecule has 8 heteroatoms. The zero-order chi connectivity index (χ0) is 25.7. The van der Waals surface area contributed by atoms with Crippen molar-refractivity contribution in [2.75, 3.05) is 11.9 Å². The average molecular weight is 488 g/mol. The minimum absolute atomic E-state index is 0.0549. The standard InChI is InChI=1S/C28H33N5O3/c1-3-15-32(22-10-5-4-6-11-22)27(36)21-12-13-24-23(18-21)30-28(33(24)16-14-25(29)34)31-26(35)20-9-7-8-19(2)17-20/h3,7-9,12-13,17-18,22H,1,4-6,10-11,14-16H2,2H3,(H2,29,34)(H,30,31,35). The summed E-state index contributed by atoms with van der Waals surface area (Å²) in [6, 6.07) is 12.8. The fourth-order valence-electron chi connectivity index (χ4n) is 4.86. The highest BCUT2D eigenvalue weighted by Crippen LogP contribution is 2.26. The number of nitrogens with zero attached hydrogens (tertiary/aromatic N) is 3.